The van der Waals surface area contributed by atoms with Crippen molar-refractivity contribution in [1.29, 1.82) is 0 Å². The molecule has 0 saturated heterocycles. The topological polar surface area (TPSA) is 75.7 Å². The smallest absolute Gasteiger partial charge is 0.256 e. The third kappa shape index (κ3) is 5.01. The molecule has 0 aromatic heterocycles. The number of benzene rings is 3. The van der Waals surface area contributed by atoms with Crippen LogP contribution in [0.25, 0.3) is 0 Å². The molecule has 0 aliphatic rings. The van der Waals surface area contributed by atoms with Gasteiger partial charge in [-0.15, -0.1) is 0 Å². The SMILES string of the molecule is CN(C)S(=O)(=O)c1ccc(NC(=O)c2ccccc2COc2ccccc2)cc1. The van der Waals surface area contributed by atoms with Gasteiger partial charge in [0.25, 0.3) is 5.91 Å². The van der Waals surface area contributed by atoms with Gasteiger partial charge in [-0.2, -0.15) is 0 Å². The van der Waals surface area contributed by atoms with Crippen LogP contribution in [-0.2, 0) is 16.6 Å². The van der Waals surface area contributed by atoms with Gasteiger partial charge in [-0.3, -0.25) is 4.79 Å². The molecule has 0 fully saturated rings. The summed E-state index contributed by atoms with van der Waals surface area (Å²) in [5.74, 6) is 0.431. The van der Waals surface area contributed by atoms with E-state index >= 15 is 0 Å². The predicted molar refractivity (Wildman–Crippen MR) is 112 cm³/mol. The highest BCUT2D eigenvalue weighted by Crippen LogP contribution is 2.19. The molecule has 1 N–H and O–H groups in total. The number of nitrogens with zero attached hydrogens (tertiary/aromatic N) is 1. The number of carbonyl (C=O) groups is 1. The fourth-order valence-electron chi connectivity index (χ4n) is 2.66. The first-order chi connectivity index (χ1) is 13.9. The molecule has 0 atom stereocenters. The summed E-state index contributed by atoms with van der Waals surface area (Å²) >= 11 is 0. The molecule has 0 unspecified atom stereocenters. The van der Waals surface area contributed by atoms with Gasteiger partial charge in [0, 0.05) is 30.9 Å². The van der Waals surface area contributed by atoms with Crippen molar-refractivity contribution in [3.05, 3.63) is 90.0 Å². The van der Waals surface area contributed by atoms with Crippen LogP contribution in [0.5, 0.6) is 5.75 Å². The van der Waals surface area contributed by atoms with E-state index in [0.29, 0.717) is 11.3 Å². The fraction of sp³-hybridized carbons (Fsp3) is 0.136. The fourth-order valence-corrected chi connectivity index (χ4v) is 3.57. The number of ether oxygens (including phenoxy) is 1. The molecule has 1 amide bonds. The molecule has 150 valence electrons. The maximum Gasteiger partial charge on any atom is 0.256 e. The summed E-state index contributed by atoms with van der Waals surface area (Å²) in [5.41, 5.74) is 1.75. The van der Waals surface area contributed by atoms with Crippen LogP contribution in [0.15, 0.2) is 83.8 Å². The first-order valence-corrected chi connectivity index (χ1v) is 10.4. The number of sulfonamides is 1. The van der Waals surface area contributed by atoms with E-state index < -0.39 is 10.0 Å². The monoisotopic (exact) mass is 410 g/mol. The Balaban J connectivity index is 1.73. The third-order valence-electron chi connectivity index (χ3n) is 4.29. The van der Waals surface area contributed by atoms with Crippen molar-refractivity contribution >= 4 is 21.6 Å². The Kier molecular flexibility index (Phi) is 6.31. The van der Waals surface area contributed by atoms with Gasteiger partial charge < -0.3 is 10.1 Å². The number of rotatable bonds is 7. The van der Waals surface area contributed by atoms with Gasteiger partial charge in [-0.1, -0.05) is 36.4 Å². The van der Waals surface area contributed by atoms with Crippen LogP contribution in [0.3, 0.4) is 0 Å². The van der Waals surface area contributed by atoms with Crippen molar-refractivity contribution in [2.24, 2.45) is 0 Å². The number of carbonyl (C=O) groups excluding carboxylic acids is 1. The zero-order chi connectivity index (χ0) is 20.9. The molecule has 3 aromatic rings. The van der Waals surface area contributed by atoms with Crippen molar-refractivity contribution in [3.8, 4) is 5.75 Å². The first-order valence-electron chi connectivity index (χ1n) is 8.97. The van der Waals surface area contributed by atoms with Crippen LogP contribution in [-0.4, -0.2) is 32.7 Å². The Morgan fingerprint density at radius 3 is 2.17 bits per heavy atom. The molecule has 0 spiro atoms. The van der Waals surface area contributed by atoms with Gasteiger partial charge in [0.15, 0.2) is 0 Å². The second-order valence-corrected chi connectivity index (χ2v) is 8.68. The Labute approximate surface area is 170 Å². The van der Waals surface area contributed by atoms with Gasteiger partial charge in [0.1, 0.15) is 12.4 Å². The lowest BCUT2D eigenvalue weighted by Crippen LogP contribution is -2.22. The Bertz CT molecular complexity index is 1080. The van der Waals surface area contributed by atoms with Crippen molar-refractivity contribution in [2.75, 3.05) is 19.4 Å². The van der Waals surface area contributed by atoms with E-state index in [1.54, 1.807) is 24.3 Å². The summed E-state index contributed by atoms with van der Waals surface area (Å²) in [5, 5.41) is 2.80. The van der Waals surface area contributed by atoms with Crippen molar-refractivity contribution in [1.82, 2.24) is 4.31 Å². The lowest BCUT2D eigenvalue weighted by molar-refractivity contribution is 0.102. The summed E-state index contributed by atoms with van der Waals surface area (Å²) in [7, 11) is -0.567. The molecular formula is C22H22N2O4S. The molecule has 0 radical (unpaired) electrons. The lowest BCUT2D eigenvalue weighted by atomic mass is 10.1. The summed E-state index contributed by atoms with van der Waals surface area (Å²) in [6.45, 7) is 0.258. The van der Waals surface area contributed by atoms with Crippen LogP contribution in [0.1, 0.15) is 15.9 Å². The van der Waals surface area contributed by atoms with E-state index in [1.165, 1.54) is 26.2 Å². The highest BCUT2D eigenvalue weighted by Gasteiger charge is 2.17. The van der Waals surface area contributed by atoms with E-state index in [0.717, 1.165) is 15.6 Å². The summed E-state index contributed by atoms with van der Waals surface area (Å²) in [6, 6.07) is 22.6. The summed E-state index contributed by atoms with van der Waals surface area (Å²) < 4.78 is 31.2. The van der Waals surface area contributed by atoms with Gasteiger partial charge in [0.2, 0.25) is 10.0 Å². The second kappa shape index (κ2) is 8.89. The molecule has 29 heavy (non-hydrogen) atoms. The number of para-hydroxylation sites is 1. The van der Waals surface area contributed by atoms with Crippen molar-refractivity contribution in [3.63, 3.8) is 0 Å². The van der Waals surface area contributed by atoms with Crippen LogP contribution < -0.4 is 10.1 Å². The maximum absolute atomic E-state index is 12.7. The third-order valence-corrected chi connectivity index (χ3v) is 6.12. The normalized spacial score (nSPS) is 11.3. The van der Waals surface area contributed by atoms with E-state index in [2.05, 4.69) is 5.32 Å². The predicted octanol–water partition coefficient (Wildman–Crippen LogP) is 3.77. The minimum Gasteiger partial charge on any atom is -0.489 e. The molecule has 3 aromatic carbocycles. The maximum atomic E-state index is 12.7. The van der Waals surface area contributed by atoms with Crippen LogP contribution in [0.2, 0.25) is 0 Å². The molecular weight excluding hydrogens is 388 g/mol. The van der Waals surface area contributed by atoms with Crippen LogP contribution in [0.4, 0.5) is 5.69 Å². The van der Waals surface area contributed by atoms with E-state index in [9.17, 15) is 13.2 Å². The van der Waals surface area contributed by atoms with Crippen molar-refractivity contribution < 1.29 is 17.9 Å². The summed E-state index contributed by atoms with van der Waals surface area (Å²) in [6.07, 6.45) is 0. The number of hydrogen-bond acceptors (Lipinski definition) is 4. The van der Waals surface area contributed by atoms with Gasteiger partial charge in [-0.25, -0.2) is 12.7 Å². The number of amides is 1. The zero-order valence-corrected chi connectivity index (χ0v) is 17.0. The zero-order valence-electron chi connectivity index (χ0n) is 16.2. The number of hydrogen-bond donors (Lipinski definition) is 1. The highest BCUT2D eigenvalue weighted by molar-refractivity contribution is 7.89. The quantitative estimate of drug-likeness (QED) is 0.643. The molecule has 0 saturated carbocycles. The highest BCUT2D eigenvalue weighted by atomic mass is 32.2. The van der Waals surface area contributed by atoms with E-state index in [-0.39, 0.29) is 17.4 Å². The van der Waals surface area contributed by atoms with Gasteiger partial charge in [0.05, 0.1) is 4.90 Å². The molecule has 6 nitrogen and oxygen atoms in total. The second-order valence-electron chi connectivity index (χ2n) is 6.52. The van der Waals surface area contributed by atoms with Gasteiger partial charge in [-0.05, 0) is 42.5 Å². The summed E-state index contributed by atoms with van der Waals surface area (Å²) in [4.78, 5) is 12.9. The average Bonchev–Trinajstić information content (AvgIpc) is 2.73. The minimum atomic E-state index is -3.51. The van der Waals surface area contributed by atoms with Crippen molar-refractivity contribution in [2.45, 2.75) is 11.5 Å². The van der Waals surface area contributed by atoms with Crippen LogP contribution >= 0.6 is 0 Å². The Morgan fingerprint density at radius 1 is 0.897 bits per heavy atom. The molecule has 0 bridgehead atoms. The first kappa shape index (κ1) is 20.6. The molecule has 0 aliphatic carbocycles. The number of nitrogens with one attached hydrogen (secondary N) is 1. The van der Waals surface area contributed by atoms with E-state index in [4.69, 9.17) is 4.74 Å². The number of anilines is 1. The lowest BCUT2D eigenvalue weighted by Gasteiger charge is -2.13. The molecule has 0 aliphatic heterocycles. The minimum absolute atomic E-state index is 0.164. The Hall–Kier alpha value is -3.16. The largest absolute Gasteiger partial charge is 0.489 e. The molecule has 0 heterocycles. The standard InChI is InChI=1S/C22H22N2O4S/c1-24(2)29(26,27)20-14-12-18(13-15-20)23-22(25)21-11-7-6-8-17(21)16-28-19-9-4-3-5-10-19/h3-15H,16H2,1-2H3,(H,23,25). The van der Waals surface area contributed by atoms with Crippen LogP contribution in [0, 0.1) is 0 Å². The molecule has 3 rings (SSSR count). The van der Waals surface area contributed by atoms with Gasteiger partial charge >= 0.3 is 0 Å². The average molecular weight is 410 g/mol. The van der Waals surface area contributed by atoms with E-state index in [1.807, 2.05) is 42.5 Å². The Morgan fingerprint density at radius 2 is 1.52 bits per heavy atom. The molecule has 7 heteroatoms.